The lowest BCUT2D eigenvalue weighted by molar-refractivity contribution is -0.172. The minimum Gasteiger partial charge on any atom is -0.465 e. The zero-order valence-electron chi connectivity index (χ0n) is 20.8. The van der Waals surface area contributed by atoms with Gasteiger partial charge in [-0.1, -0.05) is 44.9 Å². The summed E-state index contributed by atoms with van der Waals surface area (Å²) in [5, 5.41) is 0.370. The van der Waals surface area contributed by atoms with Gasteiger partial charge in [-0.3, -0.25) is 4.79 Å². The molecule has 200 valence electrons. The zero-order valence-corrected chi connectivity index (χ0v) is 21.6. The van der Waals surface area contributed by atoms with Crippen molar-refractivity contribution >= 4 is 34.5 Å². The van der Waals surface area contributed by atoms with Gasteiger partial charge >= 0.3 is 17.8 Å². The lowest BCUT2D eigenvalue weighted by Gasteiger charge is -2.27. The Kier molecular flexibility index (Phi) is 8.36. The maximum absolute atomic E-state index is 13.9. The van der Waals surface area contributed by atoms with Crippen LogP contribution in [0, 0.1) is 5.92 Å². The first kappa shape index (κ1) is 27.0. The van der Waals surface area contributed by atoms with Crippen LogP contribution in [0.15, 0.2) is 17.6 Å². The largest absolute Gasteiger partial charge is 0.465 e. The van der Waals surface area contributed by atoms with Gasteiger partial charge in [-0.15, -0.1) is 0 Å². The Hall–Kier alpha value is -2.04. The molecule has 1 aliphatic heterocycles. The van der Waals surface area contributed by atoms with Crippen LogP contribution in [-0.4, -0.2) is 57.8 Å². The van der Waals surface area contributed by atoms with Crippen LogP contribution in [0.1, 0.15) is 71.3 Å². The van der Waals surface area contributed by atoms with E-state index in [1.165, 1.54) is 11.8 Å². The van der Waals surface area contributed by atoms with Crippen molar-refractivity contribution in [3.05, 3.63) is 12.4 Å². The van der Waals surface area contributed by atoms with E-state index in [9.17, 15) is 22.4 Å². The average molecular weight is 531 g/mol. The normalized spacial score (nSPS) is 20.0. The first-order valence-electron chi connectivity index (χ1n) is 12.8. The minimum atomic E-state index is -4.10. The Bertz CT molecular complexity index is 1040. The number of carbonyl (C=O) groups is 1. The molecule has 2 fully saturated rings. The molecule has 0 amide bonds. The highest BCUT2D eigenvalue weighted by Gasteiger charge is 2.63. The van der Waals surface area contributed by atoms with E-state index in [0.29, 0.717) is 34.5 Å². The van der Waals surface area contributed by atoms with E-state index in [-0.39, 0.29) is 24.1 Å². The molecule has 0 spiro atoms. The Labute approximate surface area is 213 Å². The van der Waals surface area contributed by atoms with E-state index in [1.807, 2.05) is 4.57 Å². The molecule has 6 nitrogen and oxygen atoms in total. The third kappa shape index (κ3) is 5.75. The summed E-state index contributed by atoms with van der Waals surface area (Å²) in [5.74, 6) is -7.71. The third-order valence-electron chi connectivity index (χ3n) is 7.21. The van der Waals surface area contributed by atoms with Crippen LogP contribution >= 0.6 is 11.8 Å². The van der Waals surface area contributed by atoms with E-state index in [2.05, 4.69) is 23.8 Å². The molecule has 1 atom stereocenters. The van der Waals surface area contributed by atoms with Crippen LogP contribution in [0.2, 0.25) is 0 Å². The predicted molar refractivity (Wildman–Crippen MR) is 132 cm³/mol. The first-order chi connectivity index (χ1) is 17.1. The lowest BCUT2D eigenvalue weighted by atomic mass is 9.93. The fourth-order valence-corrected chi connectivity index (χ4v) is 5.35. The molecule has 0 aromatic carbocycles. The summed E-state index contributed by atoms with van der Waals surface area (Å²) in [4.78, 5) is 22.1. The first-order valence-corrected chi connectivity index (χ1v) is 13.8. The number of hydrogen-bond acceptors (Lipinski definition) is 6. The lowest BCUT2D eigenvalue weighted by Crippen LogP contribution is -2.38. The molecule has 1 saturated carbocycles. The monoisotopic (exact) mass is 530 g/mol. The number of thioether (sulfide) groups is 1. The minimum absolute atomic E-state index is 0.186. The smallest absolute Gasteiger partial charge is 0.329 e. The second kappa shape index (κ2) is 11.1. The van der Waals surface area contributed by atoms with Gasteiger partial charge in [0, 0.05) is 18.0 Å². The number of carbonyl (C=O) groups excluding carboxylic acids is 1. The molecule has 1 aliphatic carbocycles. The fraction of sp³-hybridized carbons (Fsp3) is 0.720. The molecule has 3 heterocycles. The number of halogens is 4. The van der Waals surface area contributed by atoms with Gasteiger partial charge in [0.25, 0.3) is 0 Å². The molecule has 2 aliphatic rings. The van der Waals surface area contributed by atoms with Gasteiger partial charge in [0.15, 0.2) is 5.16 Å². The van der Waals surface area contributed by atoms with Crippen molar-refractivity contribution in [1.82, 2.24) is 14.5 Å². The number of rotatable bonds is 12. The maximum atomic E-state index is 13.9. The summed E-state index contributed by atoms with van der Waals surface area (Å²) < 4.78 is 63.1. The summed E-state index contributed by atoms with van der Waals surface area (Å²) in [6, 6.07) is 0.186. The molecule has 4 rings (SSSR count). The second-order valence-electron chi connectivity index (χ2n) is 9.86. The van der Waals surface area contributed by atoms with Crippen molar-refractivity contribution in [1.29, 1.82) is 0 Å². The van der Waals surface area contributed by atoms with Crippen molar-refractivity contribution in [3.63, 3.8) is 0 Å². The number of alkyl halides is 4. The van der Waals surface area contributed by atoms with E-state index >= 15 is 0 Å². The van der Waals surface area contributed by atoms with Crippen LogP contribution in [0.3, 0.4) is 0 Å². The third-order valence-corrected chi connectivity index (χ3v) is 8.08. The topological polar surface area (TPSA) is 60.2 Å². The standard InChI is InChI=1S/C25H34F4N4O2S/c1-3-5-7-17(4-2)14-35-21(34)10-11-36-23-30-12-19-22(31-23)20(13-33(19)18-8-6-9-18)32-15-24(26,27)25(28,29)16-32/h12-13,17-18H,3-11,14-16H2,1-2H3. The molecule has 2 aromatic heterocycles. The highest BCUT2D eigenvalue weighted by molar-refractivity contribution is 7.99. The van der Waals surface area contributed by atoms with Crippen LogP contribution < -0.4 is 4.90 Å². The number of fused-ring (bicyclic) bond motifs is 1. The van der Waals surface area contributed by atoms with Gasteiger partial charge in [-0.25, -0.2) is 9.97 Å². The SMILES string of the molecule is CCCCC(CC)COC(=O)CCSc1ncc2c(n1)c(N1CC(F)(F)C(F)(F)C1)cn2C1CCC1. The molecule has 0 bridgehead atoms. The Morgan fingerprint density at radius 1 is 1.22 bits per heavy atom. The average Bonchev–Trinajstić information content (AvgIpc) is 3.25. The molecule has 1 unspecified atom stereocenters. The summed E-state index contributed by atoms with van der Waals surface area (Å²) in [6.45, 7) is 2.54. The Morgan fingerprint density at radius 3 is 2.56 bits per heavy atom. The maximum Gasteiger partial charge on any atom is 0.329 e. The highest BCUT2D eigenvalue weighted by atomic mass is 32.2. The molecule has 2 aromatic rings. The summed E-state index contributed by atoms with van der Waals surface area (Å²) in [6.07, 6.45) is 10.6. The molecular weight excluding hydrogens is 496 g/mol. The number of unbranched alkanes of at least 4 members (excludes halogenated alkanes) is 1. The van der Waals surface area contributed by atoms with E-state index in [1.54, 1.807) is 12.4 Å². The summed E-state index contributed by atoms with van der Waals surface area (Å²) >= 11 is 1.26. The van der Waals surface area contributed by atoms with Gasteiger partial charge in [0.1, 0.15) is 5.52 Å². The van der Waals surface area contributed by atoms with Crippen molar-refractivity contribution in [2.75, 3.05) is 30.3 Å². The molecular formula is C25H34F4N4O2S. The zero-order chi connectivity index (χ0) is 25.9. The summed E-state index contributed by atoms with van der Waals surface area (Å²) in [5.41, 5.74) is 1.31. The van der Waals surface area contributed by atoms with Crippen molar-refractivity contribution in [2.24, 2.45) is 5.92 Å². The molecule has 0 N–H and O–H groups in total. The van der Waals surface area contributed by atoms with Gasteiger partial charge in [0.2, 0.25) is 0 Å². The number of aromatic nitrogens is 3. The number of ether oxygens (including phenoxy) is 1. The number of hydrogen-bond donors (Lipinski definition) is 0. The van der Waals surface area contributed by atoms with E-state index in [0.717, 1.165) is 49.8 Å². The van der Waals surface area contributed by atoms with Gasteiger partial charge < -0.3 is 14.2 Å². The second-order valence-corrected chi connectivity index (χ2v) is 10.9. The van der Waals surface area contributed by atoms with Crippen LogP contribution in [0.25, 0.3) is 11.0 Å². The van der Waals surface area contributed by atoms with Crippen LogP contribution in [0.4, 0.5) is 23.2 Å². The van der Waals surface area contributed by atoms with Gasteiger partial charge in [-0.05, 0) is 31.6 Å². The van der Waals surface area contributed by atoms with Crippen molar-refractivity contribution in [2.45, 2.75) is 88.3 Å². The van der Waals surface area contributed by atoms with Crippen molar-refractivity contribution in [3.8, 4) is 0 Å². The van der Waals surface area contributed by atoms with Gasteiger partial charge in [0.05, 0.1) is 43.5 Å². The number of esters is 1. The Morgan fingerprint density at radius 2 is 1.94 bits per heavy atom. The summed E-state index contributed by atoms with van der Waals surface area (Å²) in [7, 11) is 0. The quantitative estimate of drug-likeness (QED) is 0.135. The van der Waals surface area contributed by atoms with E-state index < -0.39 is 24.9 Å². The van der Waals surface area contributed by atoms with Crippen molar-refractivity contribution < 1.29 is 27.1 Å². The molecule has 0 radical (unpaired) electrons. The van der Waals surface area contributed by atoms with Crippen LogP contribution in [-0.2, 0) is 9.53 Å². The Balaban J connectivity index is 1.43. The van der Waals surface area contributed by atoms with E-state index in [4.69, 9.17) is 4.74 Å². The molecule has 36 heavy (non-hydrogen) atoms. The van der Waals surface area contributed by atoms with Crippen LogP contribution in [0.5, 0.6) is 0 Å². The fourth-order valence-electron chi connectivity index (χ4n) is 4.61. The number of anilines is 1. The van der Waals surface area contributed by atoms with Gasteiger partial charge in [-0.2, -0.15) is 17.6 Å². The number of nitrogens with zero attached hydrogens (tertiary/aromatic N) is 4. The predicted octanol–water partition coefficient (Wildman–Crippen LogP) is 6.49. The molecule has 11 heteroatoms. The molecule has 1 saturated heterocycles. The highest BCUT2D eigenvalue weighted by Crippen LogP contribution is 2.45.